The van der Waals surface area contributed by atoms with Crippen molar-refractivity contribution in [1.29, 1.82) is 0 Å². The molecular weight excluding hydrogens is 411 g/mol. The van der Waals surface area contributed by atoms with Gasteiger partial charge >= 0.3 is 0 Å². The second kappa shape index (κ2) is 8.33. The third-order valence-electron chi connectivity index (χ3n) is 4.87. The molecule has 1 atom stereocenters. The largest absolute Gasteiger partial charge is 0.337 e. The first kappa shape index (κ1) is 20.2. The lowest BCUT2D eigenvalue weighted by molar-refractivity contribution is -0.130. The third-order valence-corrected chi connectivity index (χ3v) is 6.29. The average molecular weight is 430 g/mol. The van der Waals surface area contributed by atoms with Crippen molar-refractivity contribution in [3.05, 3.63) is 77.7 Å². The summed E-state index contributed by atoms with van der Waals surface area (Å²) in [5.74, 6) is -0.175. The maximum atomic E-state index is 14.0. The van der Waals surface area contributed by atoms with Crippen LogP contribution in [0.5, 0.6) is 0 Å². The zero-order valence-electron chi connectivity index (χ0n) is 15.9. The fraction of sp³-hybridized carbons (Fsp3) is 0.250. The Morgan fingerprint density at radius 1 is 1.13 bits per heavy atom. The standard InChI is InChI=1S/C20H19FN4O4S/c21-16-9-5-4-6-14(16)13-25-17(10-11-19(25)26)20-23-18(24-29-20)12-22-30(27,28)15-7-2-1-3-8-15/h1-9,17,22H,10-13H2/t17-/m0/s1. The lowest BCUT2D eigenvalue weighted by atomic mass is 10.1. The Kier molecular flexibility index (Phi) is 5.60. The van der Waals surface area contributed by atoms with Gasteiger partial charge in [-0.2, -0.15) is 4.98 Å². The smallest absolute Gasteiger partial charge is 0.249 e. The summed E-state index contributed by atoms with van der Waals surface area (Å²) >= 11 is 0. The SMILES string of the molecule is O=C1CC[C@@H](c2nc(CNS(=O)(=O)c3ccccc3)no2)N1Cc1ccccc1F. The van der Waals surface area contributed by atoms with Gasteiger partial charge in [0, 0.05) is 18.5 Å². The number of carbonyl (C=O) groups is 1. The highest BCUT2D eigenvalue weighted by atomic mass is 32.2. The highest BCUT2D eigenvalue weighted by Crippen LogP contribution is 2.33. The van der Waals surface area contributed by atoms with Crippen LogP contribution in [-0.2, 0) is 27.9 Å². The molecule has 156 valence electrons. The van der Waals surface area contributed by atoms with Gasteiger partial charge in [0.2, 0.25) is 21.8 Å². The van der Waals surface area contributed by atoms with Crippen LogP contribution in [0.2, 0.25) is 0 Å². The fourth-order valence-electron chi connectivity index (χ4n) is 3.32. The molecule has 0 radical (unpaired) electrons. The minimum absolute atomic E-state index is 0.0918. The number of hydrogen-bond donors (Lipinski definition) is 1. The molecule has 3 aromatic rings. The van der Waals surface area contributed by atoms with E-state index in [2.05, 4.69) is 14.9 Å². The zero-order chi connectivity index (χ0) is 21.1. The van der Waals surface area contributed by atoms with Gasteiger partial charge in [0.05, 0.1) is 11.4 Å². The van der Waals surface area contributed by atoms with Crippen LogP contribution in [0, 0.1) is 5.82 Å². The second-order valence-corrected chi connectivity index (χ2v) is 8.62. The molecule has 0 saturated carbocycles. The number of benzene rings is 2. The van der Waals surface area contributed by atoms with Gasteiger partial charge in [0.1, 0.15) is 11.9 Å². The van der Waals surface area contributed by atoms with Crippen molar-refractivity contribution in [3.63, 3.8) is 0 Å². The van der Waals surface area contributed by atoms with Gasteiger partial charge in [-0.25, -0.2) is 17.5 Å². The third kappa shape index (κ3) is 4.24. The lowest BCUT2D eigenvalue weighted by Gasteiger charge is -2.22. The number of likely N-dealkylation sites (tertiary alicyclic amines) is 1. The summed E-state index contributed by atoms with van der Waals surface area (Å²) in [6, 6.07) is 13.7. The average Bonchev–Trinajstić information content (AvgIpc) is 3.36. The highest BCUT2D eigenvalue weighted by molar-refractivity contribution is 7.89. The maximum absolute atomic E-state index is 14.0. The Hall–Kier alpha value is -3.11. The van der Waals surface area contributed by atoms with Crippen LogP contribution >= 0.6 is 0 Å². The lowest BCUT2D eigenvalue weighted by Crippen LogP contribution is -2.28. The first-order valence-corrected chi connectivity index (χ1v) is 10.8. The summed E-state index contributed by atoms with van der Waals surface area (Å²) in [6.07, 6.45) is 0.752. The van der Waals surface area contributed by atoms with Crippen LogP contribution in [0.1, 0.15) is 36.2 Å². The van der Waals surface area contributed by atoms with E-state index in [4.69, 9.17) is 4.52 Å². The highest BCUT2D eigenvalue weighted by Gasteiger charge is 2.36. The van der Waals surface area contributed by atoms with E-state index in [1.165, 1.54) is 23.1 Å². The molecule has 4 rings (SSSR count). The van der Waals surface area contributed by atoms with E-state index in [1.54, 1.807) is 36.4 Å². The molecular formula is C20H19FN4O4S. The number of sulfonamides is 1. The van der Waals surface area contributed by atoms with E-state index in [-0.39, 0.29) is 42.0 Å². The van der Waals surface area contributed by atoms with Gasteiger partial charge in [-0.15, -0.1) is 0 Å². The molecule has 1 aliphatic heterocycles. The van der Waals surface area contributed by atoms with Gasteiger partial charge in [-0.3, -0.25) is 4.79 Å². The molecule has 30 heavy (non-hydrogen) atoms. The number of carbonyl (C=O) groups excluding carboxylic acids is 1. The van der Waals surface area contributed by atoms with Crippen LogP contribution in [0.25, 0.3) is 0 Å². The maximum Gasteiger partial charge on any atom is 0.249 e. The van der Waals surface area contributed by atoms with Crippen molar-refractivity contribution in [1.82, 2.24) is 19.8 Å². The number of halogens is 1. The van der Waals surface area contributed by atoms with Crippen LogP contribution < -0.4 is 4.72 Å². The Morgan fingerprint density at radius 3 is 2.63 bits per heavy atom. The molecule has 8 nitrogen and oxygen atoms in total. The Bertz CT molecular complexity index is 1150. The summed E-state index contributed by atoms with van der Waals surface area (Å²) < 4.78 is 46.3. The summed E-state index contributed by atoms with van der Waals surface area (Å²) in [5.41, 5.74) is 0.396. The minimum atomic E-state index is -3.71. The van der Waals surface area contributed by atoms with E-state index >= 15 is 0 Å². The van der Waals surface area contributed by atoms with E-state index < -0.39 is 21.9 Å². The van der Waals surface area contributed by atoms with Gasteiger partial charge in [-0.1, -0.05) is 41.6 Å². The molecule has 2 aromatic carbocycles. The summed E-state index contributed by atoms with van der Waals surface area (Å²) in [7, 11) is -3.71. The van der Waals surface area contributed by atoms with Crippen LogP contribution in [0.15, 0.2) is 64.0 Å². The first-order valence-electron chi connectivity index (χ1n) is 9.34. The van der Waals surface area contributed by atoms with Gasteiger partial charge in [0.25, 0.3) is 0 Å². The van der Waals surface area contributed by atoms with Crippen molar-refractivity contribution < 1.29 is 22.1 Å². The number of rotatable bonds is 7. The molecule has 1 fully saturated rings. The van der Waals surface area contributed by atoms with Crippen molar-refractivity contribution in [3.8, 4) is 0 Å². The van der Waals surface area contributed by atoms with Crippen molar-refractivity contribution in [2.24, 2.45) is 0 Å². The van der Waals surface area contributed by atoms with Gasteiger partial charge in [0.15, 0.2) is 5.82 Å². The molecule has 2 heterocycles. The fourth-order valence-corrected chi connectivity index (χ4v) is 4.32. The van der Waals surface area contributed by atoms with E-state index in [0.717, 1.165) is 0 Å². The van der Waals surface area contributed by atoms with Crippen molar-refractivity contribution in [2.75, 3.05) is 0 Å². The van der Waals surface area contributed by atoms with Crippen LogP contribution in [0.3, 0.4) is 0 Å². The van der Waals surface area contributed by atoms with Gasteiger partial charge < -0.3 is 9.42 Å². The number of nitrogens with one attached hydrogen (secondary N) is 1. The van der Waals surface area contributed by atoms with Crippen molar-refractivity contribution >= 4 is 15.9 Å². The molecule has 10 heteroatoms. The Balaban J connectivity index is 1.46. The molecule has 0 aliphatic carbocycles. The number of hydrogen-bond acceptors (Lipinski definition) is 6. The normalized spacial score (nSPS) is 16.9. The first-order chi connectivity index (χ1) is 14.4. The van der Waals surface area contributed by atoms with E-state index in [0.29, 0.717) is 12.0 Å². The topological polar surface area (TPSA) is 105 Å². The number of aromatic nitrogens is 2. The molecule has 1 amide bonds. The number of nitrogens with zero attached hydrogens (tertiary/aromatic N) is 3. The molecule has 1 saturated heterocycles. The molecule has 1 aromatic heterocycles. The predicted octanol–water partition coefficient (Wildman–Crippen LogP) is 2.55. The molecule has 1 N–H and O–H groups in total. The van der Waals surface area contributed by atoms with Crippen LogP contribution in [-0.4, -0.2) is 29.4 Å². The van der Waals surface area contributed by atoms with Gasteiger partial charge in [-0.05, 0) is 24.6 Å². The Morgan fingerprint density at radius 2 is 1.87 bits per heavy atom. The second-order valence-electron chi connectivity index (χ2n) is 6.85. The zero-order valence-corrected chi connectivity index (χ0v) is 16.7. The predicted molar refractivity (Wildman–Crippen MR) is 104 cm³/mol. The van der Waals surface area contributed by atoms with E-state index in [9.17, 15) is 17.6 Å². The molecule has 0 spiro atoms. The summed E-state index contributed by atoms with van der Waals surface area (Å²) in [4.78, 5) is 18.2. The van der Waals surface area contributed by atoms with Crippen molar-refractivity contribution in [2.45, 2.75) is 36.9 Å². The monoisotopic (exact) mass is 430 g/mol. The summed E-state index contributed by atoms with van der Waals surface area (Å²) in [5, 5.41) is 3.82. The number of amides is 1. The molecule has 0 unspecified atom stereocenters. The Labute approximate surface area is 172 Å². The van der Waals surface area contributed by atoms with E-state index in [1.807, 2.05) is 0 Å². The molecule has 0 bridgehead atoms. The quantitative estimate of drug-likeness (QED) is 0.618. The molecule has 1 aliphatic rings. The minimum Gasteiger partial charge on any atom is -0.337 e. The summed E-state index contributed by atoms with van der Waals surface area (Å²) in [6.45, 7) is -0.0662. The van der Waals surface area contributed by atoms with Crippen LogP contribution in [0.4, 0.5) is 4.39 Å².